The van der Waals surface area contributed by atoms with Crippen molar-refractivity contribution in [1.82, 2.24) is 19.7 Å². The van der Waals surface area contributed by atoms with Crippen LogP contribution < -0.4 is 15.8 Å². The van der Waals surface area contributed by atoms with Crippen LogP contribution in [0.5, 0.6) is 5.75 Å². The van der Waals surface area contributed by atoms with Crippen LogP contribution in [0.1, 0.15) is 63.9 Å². The Balaban J connectivity index is 0.939. The Morgan fingerprint density at radius 3 is 2.37 bits per heavy atom. The van der Waals surface area contributed by atoms with Crippen molar-refractivity contribution in [3.8, 4) is 28.7 Å². The number of fused-ring (bicyclic) bond motifs is 2. The van der Waals surface area contributed by atoms with E-state index in [1.54, 1.807) is 24.3 Å². The molecule has 280 valence electrons. The zero-order valence-corrected chi connectivity index (χ0v) is 29.3. The largest absolute Gasteiger partial charge is 0.573 e. The van der Waals surface area contributed by atoms with Gasteiger partial charge in [-0.2, -0.15) is 0 Å². The van der Waals surface area contributed by atoms with Crippen LogP contribution in [-0.2, 0) is 27.4 Å². The van der Waals surface area contributed by atoms with E-state index in [4.69, 9.17) is 10.5 Å². The second-order valence-electron chi connectivity index (χ2n) is 13.6. The standard InChI is InChI=1S/C40H38F3N5O6/c41-40(42,43)54-29-8-6-27(7-9-29)33-24-47(17-2-16-44)34-11-5-26(22-31(33)34)23-46-18-14-28(15-19-46)53-20-1-3-25-4-10-30-32(21-25)39(52)48(38(30)51)35-12-13-36(49)45-37(35)50/h4-11,21-22,24,28,35H,2,12-20,23,44H2,(H,45,49,50). The molecule has 7 rings (SSSR count). The van der Waals surface area contributed by atoms with Gasteiger partial charge < -0.3 is 19.8 Å². The number of benzene rings is 3. The number of nitrogens with two attached hydrogens (primary N) is 1. The number of carbonyl (C=O) groups excluding carboxylic acids is 4. The van der Waals surface area contributed by atoms with Crippen LogP contribution in [0.3, 0.4) is 0 Å². The number of rotatable bonds is 10. The summed E-state index contributed by atoms with van der Waals surface area (Å²) in [7, 11) is 0. The van der Waals surface area contributed by atoms with Gasteiger partial charge in [-0.3, -0.25) is 34.3 Å². The van der Waals surface area contributed by atoms with Crippen molar-refractivity contribution < 1.29 is 41.8 Å². The quantitative estimate of drug-likeness (QED) is 0.172. The summed E-state index contributed by atoms with van der Waals surface area (Å²) in [6.45, 7) is 3.84. The van der Waals surface area contributed by atoms with Crippen LogP contribution in [0, 0.1) is 11.8 Å². The van der Waals surface area contributed by atoms with E-state index in [2.05, 4.69) is 49.6 Å². The number of amides is 4. The van der Waals surface area contributed by atoms with E-state index in [9.17, 15) is 32.3 Å². The maximum absolute atomic E-state index is 13.1. The van der Waals surface area contributed by atoms with Crippen LogP contribution >= 0.6 is 0 Å². The molecule has 0 aliphatic carbocycles. The molecule has 54 heavy (non-hydrogen) atoms. The predicted molar refractivity (Wildman–Crippen MR) is 192 cm³/mol. The van der Waals surface area contributed by atoms with Crippen LogP contribution in [0.25, 0.3) is 22.0 Å². The summed E-state index contributed by atoms with van der Waals surface area (Å²) in [6.07, 6.45) is -0.119. The Morgan fingerprint density at radius 2 is 1.65 bits per heavy atom. The third kappa shape index (κ3) is 8.03. The molecule has 1 atom stereocenters. The maximum Gasteiger partial charge on any atom is 0.573 e. The van der Waals surface area contributed by atoms with E-state index < -0.39 is 36.0 Å². The number of imide groups is 2. The Morgan fingerprint density at radius 1 is 0.889 bits per heavy atom. The van der Waals surface area contributed by atoms with Crippen LogP contribution in [0.15, 0.2) is 66.9 Å². The molecule has 0 bridgehead atoms. The molecular weight excluding hydrogens is 703 g/mol. The Kier molecular flexibility index (Phi) is 10.6. The number of nitrogens with zero attached hydrogens (tertiary/aromatic N) is 3. The van der Waals surface area contributed by atoms with Crippen molar-refractivity contribution in [2.45, 2.75) is 63.7 Å². The molecular formula is C40H38F3N5O6. The predicted octanol–water partition coefficient (Wildman–Crippen LogP) is 4.99. The number of nitrogens with one attached hydrogen (secondary N) is 1. The summed E-state index contributed by atoms with van der Waals surface area (Å²) in [5, 5.41) is 3.20. The van der Waals surface area contributed by atoms with Gasteiger partial charge >= 0.3 is 6.36 Å². The minimum atomic E-state index is -4.76. The first kappa shape index (κ1) is 36.9. The molecule has 4 aromatic rings. The maximum atomic E-state index is 13.1. The number of aryl methyl sites for hydroxylation is 1. The number of likely N-dealkylation sites (tertiary alicyclic amines) is 1. The van der Waals surface area contributed by atoms with E-state index >= 15 is 0 Å². The van der Waals surface area contributed by atoms with Crippen LogP contribution in [-0.4, -0.2) is 82.7 Å². The van der Waals surface area contributed by atoms with Gasteiger partial charge in [0.25, 0.3) is 11.8 Å². The minimum absolute atomic E-state index is 0.0341. The van der Waals surface area contributed by atoms with Crippen molar-refractivity contribution in [3.05, 3.63) is 89.1 Å². The lowest BCUT2D eigenvalue weighted by Crippen LogP contribution is -2.54. The molecule has 3 aromatic carbocycles. The van der Waals surface area contributed by atoms with Crippen molar-refractivity contribution in [3.63, 3.8) is 0 Å². The fourth-order valence-electron chi connectivity index (χ4n) is 7.29. The number of carbonyl (C=O) groups is 4. The van der Waals surface area contributed by atoms with E-state index in [1.165, 1.54) is 18.2 Å². The summed E-state index contributed by atoms with van der Waals surface area (Å²) < 4.78 is 50.4. The normalized spacial score (nSPS) is 18.1. The number of piperidine rings is 2. The molecule has 14 heteroatoms. The Bertz CT molecular complexity index is 2160. The molecule has 2 fully saturated rings. The molecule has 3 aliphatic rings. The van der Waals surface area contributed by atoms with Gasteiger partial charge in [0.1, 0.15) is 18.4 Å². The van der Waals surface area contributed by atoms with E-state index in [0.29, 0.717) is 12.1 Å². The molecule has 1 unspecified atom stereocenters. The molecule has 2 saturated heterocycles. The molecule has 4 heterocycles. The fourth-order valence-corrected chi connectivity index (χ4v) is 7.29. The highest BCUT2D eigenvalue weighted by molar-refractivity contribution is 6.23. The third-order valence-corrected chi connectivity index (χ3v) is 9.95. The van der Waals surface area contributed by atoms with Crippen molar-refractivity contribution in [2.75, 3.05) is 26.2 Å². The van der Waals surface area contributed by atoms with E-state index in [-0.39, 0.29) is 42.4 Å². The number of ether oxygens (including phenoxy) is 2. The third-order valence-electron chi connectivity index (χ3n) is 9.95. The molecule has 3 N–H and O–H groups in total. The van der Waals surface area contributed by atoms with Crippen molar-refractivity contribution in [2.24, 2.45) is 5.73 Å². The fraction of sp³-hybridized carbons (Fsp3) is 0.350. The molecule has 0 saturated carbocycles. The first-order valence-electron chi connectivity index (χ1n) is 17.8. The highest BCUT2D eigenvalue weighted by atomic mass is 19.4. The smallest absolute Gasteiger partial charge is 0.406 e. The molecule has 0 radical (unpaired) electrons. The van der Waals surface area contributed by atoms with Gasteiger partial charge in [0, 0.05) is 60.8 Å². The number of halogens is 3. The minimum Gasteiger partial charge on any atom is -0.406 e. The van der Waals surface area contributed by atoms with Crippen LogP contribution in [0.2, 0.25) is 0 Å². The lowest BCUT2D eigenvalue weighted by Gasteiger charge is -2.31. The summed E-state index contributed by atoms with van der Waals surface area (Å²) in [5.74, 6) is 3.52. The average molecular weight is 742 g/mol. The Hall–Kier alpha value is -5.49. The van der Waals surface area contributed by atoms with Gasteiger partial charge in [-0.15, -0.1) is 13.2 Å². The highest BCUT2D eigenvalue weighted by Crippen LogP contribution is 2.34. The molecule has 3 aliphatic heterocycles. The number of hydrogen-bond acceptors (Lipinski definition) is 8. The van der Waals surface area contributed by atoms with Crippen molar-refractivity contribution in [1.29, 1.82) is 0 Å². The first-order valence-corrected chi connectivity index (χ1v) is 17.8. The van der Waals surface area contributed by atoms with Gasteiger partial charge in [-0.25, -0.2) is 0 Å². The number of hydrogen-bond donors (Lipinski definition) is 2. The lowest BCUT2D eigenvalue weighted by atomic mass is 10.0. The highest BCUT2D eigenvalue weighted by Gasteiger charge is 2.44. The van der Waals surface area contributed by atoms with Gasteiger partial charge in [0.2, 0.25) is 11.8 Å². The van der Waals surface area contributed by atoms with Crippen LogP contribution in [0.4, 0.5) is 13.2 Å². The summed E-state index contributed by atoms with van der Waals surface area (Å²) in [5.41, 5.74) is 10.6. The number of alkyl halides is 3. The SMILES string of the molecule is NCCCn1cc(-c2ccc(OC(F)(F)F)cc2)c2cc(CN3CCC(OCC#Cc4ccc5c(c4)C(=O)N(C4CCC(=O)NC4=O)C5=O)CC3)ccc21. The number of aromatic nitrogens is 1. The first-order chi connectivity index (χ1) is 26.0. The van der Waals surface area contributed by atoms with Gasteiger partial charge in [-0.1, -0.05) is 30.0 Å². The van der Waals surface area contributed by atoms with Gasteiger partial charge in [0.15, 0.2) is 0 Å². The molecule has 0 spiro atoms. The zero-order valence-electron chi connectivity index (χ0n) is 29.3. The van der Waals surface area contributed by atoms with E-state index in [0.717, 1.165) is 77.9 Å². The summed E-state index contributed by atoms with van der Waals surface area (Å²) in [6, 6.07) is 16.0. The second kappa shape index (κ2) is 15.5. The van der Waals surface area contributed by atoms with Crippen molar-refractivity contribution >= 4 is 34.5 Å². The average Bonchev–Trinajstić information content (AvgIpc) is 3.62. The zero-order chi connectivity index (χ0) is 38.0. The summed E-state index contributed by atoms with van der Waals surface area (Å²) in [4.78, 5) is 53.2. The lowest BCUT2D eigenvalue weighted by molar-refractivity contribution is -0.274. The monoisotopic (exact) mass is 741 g/mol. The Labute approximate surface area is 309 Å². The van der Waals surface area contributed by atoms with Gasteiger partial charge in [-0.05, 0) is 85.8 Å². The molecule has 11 nitrogen and oxygen atoms in total. The summed E-state index contributed by atoms with van der Waals surface area (Å²) >= 11 is 0. The van der Waals surface area contributed by atoms with Gasteiger partial charge in [0.05, 0.1) is 17.2 Å². The molecule has 1 aromatic heterocycles. The molecule has 4 amide bonds. The topological polar surface area (TPSA) is 136 Å². The van der Waals surface area contributed by atoms with E-state index in [1.807, 2.05) is 6.20 Å². The second-order valence-corrected chi connectivity index (χ2v) is 13.6.